The van der Waals surface area contributed by atoms with Gasteiger partial charge in [0.1, 0.15) is 0 Å². The molecule has 1 heterocycles. The fourth-order valence-corrected chi connectivity index (χ4v) is 3.17. The summed E-state index contributed by atoms with van der Waals surface area (Å²) in [4.78, 5) is 2.61. The molecular weight excluding hydrogens is 244 g/mol. The molecule has 0 aliphatic carbocycles. The van der Waals surface area contributed by atoms with Gasteiger partial charge in [-0.05, 0) is 62.4 Å². The number of aryl methyl sites for hydroxylation is 2. The molecule has 2 unspecified atom stereocenters. The summed E-state index contributed by atoms with van der Waals surface area (Å²) < 4.78 is 0. The first-order valence-corrected chi connectivity index (χ1v) is 8.12. The highest BCUT2D eigenvalue weighted by Gasteiger charge is 2.25. The Hall–Kier alpha value is -0.860. The molecule has 2 nitrogen and oxygen atoms in total. The van der Waals surface area contributed by atoms with E-state index < -0.39 is 0 Å². The van der Waals surface area contributed by atoms with Gasteiger partial charge in [-0.1, -0.05) is 32.0 Å². The van der Waals surface area contributed by atoms with Crippen molar-refractivity contribution in [1.82, 2.24) is 10.2 Å². The van der Waals surface area contributed by atoms with Gasteiger partial charge in [-0.3, -0.25) is 4.90 Å². The first kappa shape index (κ1) is 15.5. The summed E-state index contributed by atoms with van der Waals surface area (Å²) in [6.45, 7) is 13.7. The second-order valence-corrected chi connectivity index (χ2v) is 6.48. The van der Waals surface area contributed by atoms with Crippen LogP contribution >= 0.6 is 0 Å². The zero-order chi connectivity index (χ0) is 14.5. The second kappa shape index (κ2) is 7.24. The number of hydrogen-bond acceptors (Lipinski definition) is 2. The highest BCUT2D eigenvalue weighted by molar-refractivity contribution is 5.29. The van der Waals surface area contributed by atoms with Crippen molar-refractivity contribution >= 4 is 0 Å². The highest BCUT2D eigenvalue weighted by Crippen LogP contribution is 2.20. The highest BCUT2D eigenvalue weighted by atomic mass is 15.1. The predicted octanol–water partition coefficient (Wildman–Crippen LogP) is 3.51. The zero-order valence-corrected chi connectivity index (χ0v) is 13.6. The van der Waals surface area contributed by atoms with E-state index in [0.29, 0.717) is 6.04 Å². The minimum atomic E-state index is 0.714. The standard InChI is InChI=1S/C18H30N2/c1-5-9-19-18-8-10-20(12-16(18)4)13-17-7-6-14(2)15(3)11-17/h6-7,11,16,18-19H,5,8-10,12-13H2,1-4H3. The van der Waals surface area contributed by atoms with E-state index in [9.17, 15) is 0 Å². The maximum atomic E-state index is 3.70. The molecule has 1 aliphatic rings. The van der Waals surface area contributed by atoms with Crippen molar-refractivity contribution in [3.63, 3.8) is 0 Å². The van der Waals surface area contributed by atoms with Crippen molar-refractivity contribution in [2.45, 2.75) is 53.1 Å². The van der Waals surface area contributed by atoms with Crippen molar-refractivity contribution < 1.29 is 0 Å². The average Bonchev–Trinajstić information content (AvgIpc) is 2.42. The Morgan fingerprint density at radius 2 is 2.05 bits per heavy atom. The normalized spacial score (nSPS) is 24.0. The van der Waals surface area contributed by atoms with Crippen LogP contribution < -0.4 is 5.32 Å². The van der Waals surface area contributed by atoms with Crippen LogP contribution in [0.1, 0.15) is 43.4 Å². The molecule has 0 spiro atoms. The van der Waals surface area contributed by atoms with Crippen LogP contribution in [0.25, 0.3) is 0 Å². The van der Waals surface area contributed by atoms with E-state index in [0.717, 1.165) is 19.0 Å². The topological polar surface area (TPSA) is 15.3 Å². The molecular formula is C18H30N2. The number of nitrogens with one attached hydrogen (secondary N) is 1. The largest absolute Gasteiger partial charge is 0.314 e. The quantitative estimate of drug-likeness (QED) is 0.884. The monoisotopic (exact) mass is 274 g/mol. The minimum absolute atomic E-state index is 0.714. The van der Waals surface area contributed by atoms with Crippen molar-refractivity contribution in [1.29, 1.82) is 0 Å². The Kier molecular flexibility index (Phi) is 5.62. The Bertz CT molecular complexity index is 427. The van der Waals surface area contributed by atoms with Crippen LogP contribution in [0.15, 0.2) is 18.2 Å². The third-order valence-corrected chi connectivity index (χ3v) is 4.62. The summed E-state index contributed by atoms with van der Waals surface area (Å²) in [6.07, 6.45) is 2.52. The summed E-state index contributed by atoms with van der Waals surface area (Å²) >= 11 is 0. The molecule has 1 aromatic carbocycles. The van der Waals surface area contributed by atoms with Crippen molar-refractivity contribution in [3.8, 4) is 0 Å². The lowest BCUT2D eigenvalue weighted by molar-refractivity contribution is 0.141. The molecule has 0 bridgehead atoms. The fraction of sp³-hybridized carbons (Fsp3) is 0.667. The van der Waals surface area contributed by atoms with Crippen LogP contribution in [-0.2, 0) is 6.54 Å². The van der Waals surface area contributed by atoms with Crippen LogP contribution in [0.5, 0.6) is 0 Å². The van der Waals surface area contributed by atoms with E-state index >= 15 is 0 Å². The molecule has 2 rings (SSSR count). The van der Waals surface area contributed by atoms with E-state index in [1.54, 1.807) is 0 Å². The number of likely N-dealkylation sites (tertiary alicyclic amines) is 1. The van der Waals surface area contributed by atoms with Gasteiger partial charge in [0, 0.05) is 19.1 Å². The fourth-order valence-electron chi connectivity index (χ4n) is 3.17. The molecule has 2 heteroatoms. The van der Waals surface area contributed by atoms with E-state index in [-0.39, 0.29) is 0 Å². The summed E-state index contributed by atoms with van der Waals surface area (Å²) in [7, 11) is 0. The maximum absolute atomic E-state index is 3.70. The molecule has 1 N–H and O–H groups in total. The van der Waals surface area contributed by atoms with Crippen molar-refractivity contribution in [2.75, 3.05) is 19.6 Å². The van der Waals surface area contributed by atoms with Gasteiger partial charge in [0.05, 0.1) is 0 Å². The van der Waals surface area contributed by atoms with Gasteiger partial charge < -0.3 is 5.32 Å². The summed E-state index contributed by atoms with van der Waals surface area (Å²) in [5.74, 6) is 0.752. The first-order valence-electron chi connectivity index (χ1n) is 8.12. The van der Waals surface area contributed by atoms with E-state index in [1.165, 1.54) is 42.6 Å². The molecule has 112 valence electrons. The zero-order valence-electron chi connectivity index (χ0n) is 13.6. The Labute approximate surface area is 124 Å². The lowest BCUT2D eigenvalue weighted by atomic mass is 9.93. The molecule has 2 atom stereocenters. The smallest absolute Gasteiger partial charge is 0.0233 e. The van der Waals surface area contributed by atoms with Gasteiger partial charge in [-0.15, -0.1) is 0 Å². The van der Waals surface area contributed by atoms with E-state index in [4.69, 9.17) is 0 Å². The molecule has 0 aromatic heterocycles. The van der Waals surface area contributed by atoms with Gasteiger partial charge >= 0.3 is 0 Å². The van der Waals surface area contributed by atoms with Gasteiger partial charge in [-0.2, -0.15) is 0 Å². The van der Waals surface area contributed by atoms with Crippen molar-refractivity contribution in [2.24, 2.45) is 5.92 Å². The third kappa shape index (κ3) is 4.07. The SMILES string of the molecule is CCCNC1CCN(Cc2ccc(C)c(C)c2)CC1C. The molecule has 1 saturated heterocycles. The number of rotatable bonds is 5. The molecule has 1 fully saturated rings. The lowest BCUT2D eigenvalue weighted by Gasteiger charge is -2.37. The van der Waals surface area contributed by atoms with Gasteiger partial charge in [0.25, 0.3) is 0 Å². The molecule has 20 heavy (non-hydrogen) atoms. The Morgan fingerprint density at radius 3 is 2.70 bits per heavy atom. The summed E-state index contributed by atoms with van der Waals surface area (Å²) in [6, 6.07) is 7.60. The van der Waals surface area contributed by atoms with Crippen LogP contribution in [0.4, 0.5) is 0 Å². The summed E-state index contributed by atoms with van der Waals surface area (Å²) in [5, 5.41) is 3.70. The van der Waals surface area contributed by atoms with Crippen LogP contribution in [0.2, 0.25) is 0 Å². The Balaban J connectivity index is 1.87. The molecule has 0 amide bonds. The van der Waals surface area contributed by atoms with Crippen molar-refractivity contribution in [3.05, 3.63) is 34.9 Å². The number of benzene rings is 1. The third-order valence-electron chi connectivity index (χ3n) is 4.62. The molecule has 0 saturated carbocycles. The van der Waals surface area contributed by atoms with E-state index in [2.05, 4.69) is 56.1 Å². The molecule has 1 aliphatic heterocycles. The first-order chi connectivity index (χ1) is 9.60. The average molecular weight is 274 g/mol. The second-order valence-electron chi connectivity index (χ2n) is 6.48. The van der Waals surface area contributed by atoms with Gasteiger partial charge in [0.2, 0.25) is 0 Å². The number of nitrogens with zero attached hydrogens (tertiary/aromatic N) is 1. The number of piperidine rings is 1. The summed E-state index contributed by atoms with van der Waals surface area (Å²) in [5.41, 5.74) is 4.26. The van der Waals surface area contributed by atoms with E-state index in [1.807, 2.05) is 0 Å². The molecule has 0 radical (unpaired) electrons. The Morgan fingerprint density at radius 1 is 1.25 bits per heavy atom. The molecule has 1 aromatic rings. The van der Waals surface area contributed by atoms with Crippen LogP contribution in [0, 0.1) is 19.8 Å². The van der Waals surface area contributed by atoms with Gasteiger partial charge in [0.15, 0.2) is 0 Å². The number of hydrogen-bond donors (Lipinski definition) is 1. The van der Waals surface area contributed by atoms with Gasteiger partial charge in [-0.25, -0.2) is 0 Å². The van der Waals surface area contributed by atoms with Crippen LogP contribution in [0.3, 0.4) is 0 Å². The minimum Gasteiger partial charge on any atom is -0.314 e. The maximum Gasteiger partial charge on any atom is 0.0233 e. The predicted molar refractivity (Wildman–Crippen MR) is 87.1 cm³/mol. The van der Waals surface area contributed by atoms with Crippen LogP contribution in [-0.4, -0.2) is 30.6 Å². The lowest BCUT2D eigenvalue weighted by Crippen LogP contribution is -2.48.